The number of pyridine rings is 1. The quantitative estimate of drug-likeness (QED) is 0.825. The third kappa shape index (κ3) is 3.21. The van der Waals surface area contributed by atoms with Gasteiger partial charge in [0.2, 0.25) is 0 Å². The van der Waals surface area contributed by atoms with Crippen molar-refractivity contribution in [3.05, 3.63) is 46.5 Å². The summed E-state index contributed by atoms with van der Waals surface area (Å²) in [5.41, 5.74) is 1.34. The van der Waals surface area contributed by atoms with E-state index in [9.17, 15) is 4.79 Å². The molecule has 2 aromatic rings. The third-order valence-corrected chi connectivity index (χ3v) is 3.05. The van der Waals surface area contributed by atoms with Crippen molar-refractivity contribution in [2.24, 2.45) is 0 Å². The van der Waals surface area contributed by atoms with Crippen molar-refractivity contribution in [3.8, 4) is 12.3 Å². The van der Waals surface area contributed by atoms with E-state index in [-0.39, 0.29) is 11.6 Å². The Labute approximate surface area is 112 Å². The monoisotopic (exact) mass is 255 g/mol. The van der Waals surface area contributed by atoms with Crippen molar-refractivity contribution >= 4 is 5.65 Å². The van der Waals surface area contributed by atoms with Crippen LogP contribution in [-0.4, -0.2) is 15.4 Å². The highest BCUT2D eigenvalue weighted by Gasteiger charge is 2.06. The summed E-state index contributed by atoms with van der Waals surface area (Å²) in [6, 6.07) is 7.33. The number of aromatic nitrogens is 2. The molecule has 98 valence electrons. The molecule has 1 atom stereocenters. The molecule has 0 amide bonds. The predicted octanol–water partition coefficient (Wildman–Crippen LogP) is 1.59. The highest BCUT2D eigenvalue weighted by Crippen LogP contribution is 2.01. The molecule has 1 N–H and O–H groups in total. The molecule has 0 bridgehead atoms. The van der Waals surface area contributed by atoms with Crippen LogP contribution in [0.25, 0.3) is 5.65 Å². The van der Waals surface area contributed by atoms with Gasteiger partial charge in [0.25, 0.3) is 5.56 Å². The minimum absolute atomic E-state index is 0.0626. The fraction of sp³-hybridized carbons (Fsp3) is 0.333. The first-order valence-corrected chi connectivity index (χ1v) is 6.38. The Balaban J connectivity index is 2.18. The lowest BCUT2D eigenvalue weighted by atomic mass is 10.1. The van der Waals surface area contributed by atoms with Gasteiger partial charge in [-0.1, -0.05) is 13.0 Å². The minimum Gasteiger partial charge on any atom is -0.307 e. The van der Waals surface area contributed by atoms with Gasteiger partial charge in [0.05, 0.1) is 5.69 Å². The predicted molar refractivity (Wildman–Crippen MR) is 75.8 cm³/mol. The smallest absolute Gasteiger partial charge is 0.258 e. The SMILES string of the molecule is C#CCC(CC)NCc1cc(=O)n2ccccc2n1. The first-order chi connectivity index (χ1) is 9.24. The van der Waals surface area contributed by atoms with Gasteiger partial charge in [-0.05, 0) is 18.6 Å². The Bertz CT molecular complexity index is 654. The highest BCUT2D eigenvalue weighted by atomic mass is 16.1. The van der Waals surface area contributed by atoms with Crippen molar-refractivity contribution in [1.29, 1.82) is 0 Å². The van der Waals surface area contributed by atoms with Crippen molar-refractivity contribution < 1.29 is 0 Å². The molecular formula is C15H17N3O. The van der Waals surface area contributed by atoms with E-state index in [1.165, 1.54) is 4.40 Å². The maximum absolute atomic E-state index is 11.9. The molecule has 0 aliphatic heterocycles. The van der Waals surface area contributed by atoms with E-state index in [4.69, 9.17) is 6.42 Å². The van der Waals surface area contributed by atoms with Gasteiger partial charge < -0.3 is 5.32 Å². The summed E-state index contributed by atoms with van der Waals surface area (Å²) in [5, 5.41) is 3.33. The van der Waals surface area contributed by atoms with Crippen LogP contribution in [0.5, 0.6) is 0 Å². The summed E-state index contributed by atoms with van der Waals surface area (Å²) in [7, 11) is 0. The molecule has 4 heteroatoms. The number of hydrogen-bond acceptors (Lipinski definition) is 3. The van der Waals surface area contributed by atoms with Gasteiger partial charge in [0, 0.05) is 31.3 Å². The number of rotatable bonds is 5. The van der Waals surface area contributed by atoms with Crippen LogP contribution in [0.1, 0.15) is 25.5 Å². The summed E-state index contributed by atoms with van der Waals surface area (Å²) in [6.07, 6.45) is 8.67. The van der Waals surface area contributed by atoms with Crippen LogP contribution in [0.4, 0.5) is 0 Å². The molecule has 0 saturated heterocycles. The highest BCUT2D eigenvalue weighted by molar-refractivity contribution is 5.37. The molecule has 0 aliphatic carbocycles. The Morgan fingerprint density at radius 3 is 3.11 bits per heavy atom. The Kier molecular flexibility index (Phi) is 4.32. The molecule has 2 rings (SSSR count). The Morgan fingerprint density at radius 2 is 2.37 bits per heavy atom. The fourth-order valence-electron chi connectivity index (χ4n) is 1.95. The number of nitrogens with zero attached hydrogens (tertiary/aromatic N) is 2. The summed E-state index contributed by atoms with van der Waals surface area (Å²) < 4.78 is 1.53. The van der Waals surface area contributed by atoms with Gasteiger partial charge in [0.1, 0.15) is 5.65 Å². The zero-order chi connectivity index (χ0) is 13.7. The second-order valence-corrected chi connectivity index (χ2v) is 4.41. The summed E-state index contributed by atoms with van der Waals surface area (Å²) in [6.45, 7) is 2.64. The molecule has 0 fully saturated rings. The lowest BCUT2D eigenvalue weighted by Crippen LogP contribution is -2.28. The average molecular weight is 255 g/mol. The van der Waals surface area contributed by atoms with Crippen molar-refractivity contribution in [2.45, 2.75) is 32.4 Å². The van der Waals surface area contributed by atoms with Gasteiger partial charge in [0.15, 0.2) is 0 Å². The summed E-state index contributed by atoms with van der Waals surface area (Å²) in [4.78, 5) is 16.4. The zero-order valence-electron chi connectivity index (χ0n) is 11.0. The second-order valence-electron chi connectivity index (χ2n) is 4.41. The Morgan fingerprint density at radius 1 is 1.53 bits per heavy atom. The largest absolute Gasteiger partial charge is 0.307 e. The number of nitrogens with one attached hydrogen (secondary N) is 1. The van der Waals surface area contributed by atoms with Crippen molar-refractivity contribution in [2.75, 3.05) is 0 Å². The van der Waals surface area contributed by atoms with E-state index in [0.717, 1.165) is 12.1 Å². The lowest BCUT2D eigenvalue weighted by Gasteiger charge is -2.13. The van der Waals surface area contributed by atoms with Crippen LogP contribution < -0.4 is 10.9 Å². The molecule has 0 saturated carbocycles. The van der Waals surface area contributed by atoms with E-state index in [1.807, 2.05) is 18.2 Å². The van der Waals surface area contributed by atoms with Gasteiger partial charge >= 0.3 is 0 Å². The molecule has 0 spiro atoms. The number of fused-ring (bicyclic) bond motifs is 1. The molecule has 19 heavy (non-hydrogen) atoms. The fourth-order valence-corrected chi connectivity index (χ4v) is 1.95. The first-order valence-electron chi connectivity index (χ1n) is 6.38. The number of terminal acetylenes is 1. The van der Waals surface area contributed by atoms with Gasteiger partial charge in [-0.3, -0.25) is 9.20 Å². The first kappa shape index (κ1) is 13.3. The maximum atomic E-state index is 11.9. The van der Waals surface area contributed by atoms with Gasteiger partial charge in [-0.2, -0.15) is 0 Å². The van der Waals surface area contributed by atoms with E-state index >= 15 is 0 Å². The van der Waals surface area contributed by atoms with E-state index in [0.29, 0.717) is 18.6 Å². The zero-order valence-corrected chi connectivity index (χ0v) is 11.0. The summed E-state index contributed by atoms with van der Waals surface area (Å²) in [5.74, 6) is 2.65. The van der Waals surface area contributed by atoms with Crippen LogP contribution in [0.15, 0.2) is 35.3 Å². The third-order valence-electron chi connectivity index (χ3n) is 3.05. The molecule has 0 aliphatic rings. The van der Waals surface area contributed by atoms with E-state index in [1.54, 1.807) is 12.3 Å². The van der Waals surface area contributed by atoms with Crippen molar-refractivity contribution in [3.63, 3.8) is 0 Å². The van der Waals surface area contributed by atoms with Gasteiger partial charge in [-0.15, -0.1) is 12.3 Å². The Hall–Kier alpha value is -2.12. The topological polar surface area (TPSA) is 46.4 Å². The molecular weight excluding hydrogens is 238 g/mol. The van der Waals surface area contributed by atoms with Crippen LogP contribution >= 0.6 is 0 Å². The van der Waals surface area contributed by atoms with Crippen LogP contribution in [0, 0.1) is 12.3 Å². The van der Waals surface area contributed by atoms with Crippen LogP contribution in [0.3, 0.4) is 0 Å². The van der Waals surface area contributed by atoms with Gasteiger partial charge in [-0.25, -0.2) is 4.98 Å². The molecule has 1 unspecified atom stereocenters. The molecule has 0 aromatic carbocycles. The second kappa shape index (κ2) is 6.17. The number of hydrogen-bond donors (Lipinski definition) is 1. The molecule has 4 nitrogen and oxygen atoms in total. The average Bonchev–Trinajstić information content (AvgIpc) is 2.43. The minimum atomic E-state index is -0.0626. The standard InChI is InChI=1S/C15H17N3O/c1-3-7-12(4-2)16-11-13-10-15(19)18-9-6-5-8-14(18)17-13/h1,5-6,8-10,12,16H,4,7,11H2,2H3. The van der Waals surface area contributed by atoms with E-state index in [2.05, 4.69) is 23.1 Å². The van der Waals surface area contributed by atoms with E-state index < -0.39 is 0 Å². The molecule has 2 heterocycles. The van der Waals surface area contributed by atoms with Crippen LogP contribution in [-0.2, 0) is 6.54 Å². The normalized spacial score (nSPS) is 12.2. The lowest BCUT2D eigenvalue weighted by molar-refractivity contribution is 0.502. The summed E-state index contributed by atoms with van der Waals surface area (Å²) >= 11 is 0. The molecule has 0 radical (unpaired) electrons. The molecule has 2 aromatic heterocycles. The maximum Gasteiger partial charge on any atom is 0.258 e. The van der Waals surface area contributed by atoms with Crippen molar-refractivity contribution in [1.82, 2.24) is 14.7 Å². The van der Waals surface area contributed by atoms with Crippen LogP contribution in [0.2, 0.25) is 0 Å².